The SMILES string of the molecule is [C-]#[N+]C1CCCN(c2nc(C)nc3c2c(C)c(C)n3-c2c(CC)cc(Br)cc2CC)C1. The lowest BCUT2D eigenvalue weighted by molar-refractivity contribution is 0.547. The first-order valence-electron chi connectivity index (χ1n) is 11.2. The van der Waals surface area contributed by atoms with E-state index in [4.69, 9.17) is 16.5 Å². The second kappa shape index (κ2) is 8.63. The number of fused-ring (bicyclic) bond motifs is 1. The summed E-state index contributed by atoms with van der Waals surface area (Å²) >= 11 is 3.70. The van der Waals surface area contributed by atoms with Gasteiger partial charge in [-0.3, -0.25) is 4.57 Å². The maximum atomic E-state index is 7.51. The molecule has 1 aliphatic rings. The summed E-state index contributed by atoms with van der Waals surface area (Å²) in [5.74, 6) is 1.77. The molecule has 1 aliphatic heterocycles. The molecule has 1 unspecified atom stereocenters. The summed E-state index contributed by atoms with van der Waals surface area (Å²) in [7, 11) is 0. The number of rotatable bonds is 4. The Morgan fingerprint density at radius 1 is 1.13 bits per heavy atom. The van der Waals surface area contributed by atoms with Crippen LogP contribution in [-0.2, 0) is 12.8 Å². The van der Waals surface area contributed by atoms with Crippen LogP contribution in [0.15, 0.2) is 16.6 Å². The van der Waals surface area contributed by atoms with Crippen LogP contribution in [0.5, 0.6) is 0 Å². The third-order valence-corrected chi connectivity index (χ3v) is 7.00. The lowest BCUT2D eigenvalue weighted by Crippen LogP contribution is -2.37. The van der Waals surface area contributed by atoms with Crippen LogP contribution in [0.3, 0.4) is 0 Å². The van der Waals surface area contributed by atoms with Crippen molar-refractivity contribution in [1.82, 2.24) is 14.5 Å². The molecule has 5 nitrogen and oxygen atoms in total. The van der Waals surface area contributed by atoms with E-state index in [1.807, 2.05) is 6.92 Å². The van der Waals surface area contributed by atoms with Crippen molar-refractivity contribution >= 4 is 32.8 Å². The third kappa shape index (κ3) is 3.74. The normalized spacial score (nSPS) is 16.7. The Hall–Kier alpha value is -2.39. The van der Waals surface area contributed by atoms with Gasteiger partial charge in [-0.25, -0.2) is 16.5 Å². The van der Waals surface area contributed by atoms with Gasteiger partial charge >= 0.3 is 0 Å². The van der Waals surface area contributed by atoms with Gasteiger partial charge in [-0.15, -0.1) is 0 Å². The fraction of sp³-hybridized carbons (Fsp3) is 0.480. The Balaban J connectivity index is 2.02. The van der Waals surface area contributed by atoms with Crippen LogP contribution in [0, 0.1) is 27.3 Å². The predicted molar refractivity (Wildman–Crippen MR) is 131 cm³/mol. The van der Waals surface area contributed by atoms with Gasteiger partial charge in [0.05, 0.1) is 17.6 Å². The molecule has 6 heteroatoms. The first kappa shape index (κ1) is 21.8. The van der Waals surface area contributed by atoms with Crippen LogP contribution < -0.4 is 4.90 Å². The van der Waals surface area contributed by atoms with Gasteiger partial charge in [-0.2, -0.15) is 0 Å². The van der Waals surface area contributed by atoms with E-state index in [0.29, 0.717) is 0 Å². The number of aryl methyl sites for hydroxylation is 4. The predicted octanol–water partition coefficient (Wildman–Crippen LogP) is 6.12. The number of hydrogen-bond acceptors (Lipinski definition) is 3. The van der Waals surface area contributed by atoms with Crippen molar-refractivity contribution in [3.63, 3.8) is 0 Å². The molecule has 0 spiro atoms. The van der Waals surface area contributed by atoms with Gasteiger partial charge < -0.3 is 9.74 Å². The van der Waals surface area contributed by atoms with E-state index >= 15 is 0 Å². The Labute approximate surface area is 193 Å². The average Bonchev–Trinajstić information content (AvgIpc) is 3.02. The lowest BCUT2D eigenvalue weighted by atomic mass is 10.0. The minimum Gasteiger partial charge on any atom is -0.348 e. The van der Waals surface area contributed by atoms with E-state index in [2.05, 4.69) is 70.1 Å². The van der Waals surface area contributed by atoms with E-state index in [1.54, 1.807) is 0 Å². The van der Waals surface area contributed by atoms with Gasteiger partial charge in [0.2, 0.25) is 6.04 Å². The minimum atomic E-state index is 0.0485. The molecule has 1 saturated heterocycles. The average molecular weight is 480 g/mol. The summed E-state index contributed by atoms with van der Waals surface area (Å²) in [5.41, 5.74) is 7.30. The monoisotopic (exact) mass is 479 g/mol. The maximum absolute atomic E-state index is 7.51. The summed E-state index contributed by atoms with van der Waals surface area (Å²) in [6.45, 7) is 20.0. The van der Waals surface area contributed by atoms with Gasteiger partial charge in [-0.1, -0.05) is 29.8 Å². The number of piperidine rings is 1. The van der Waals surface area contributed by atoms with Crippen LogP contribution in [0.2, 0.25) is 0 Å². The van der Waals surface area contributed by atoms with Crippen LogP contribution >= 0.6 is 15.9 Å². The molecule has 0 amide bonds. The Morgan fingerprint density at radius 2 is 1.81 bits per heavy atom. The number of halogens is 1. The van der Waals surface area contributed by atoms with Crippen molar-refractivity contribution in [2.75, 3.05) is 18.0 Å². The number of nitrogens with zero attached hydrogens (tertiary/aromatic N) is 5. The number of benzene rings is 1. The molecule has 1 aromatic carbocycles. The molecule has 1 atom stereocenters. The van der Waals surface area contributed by atoms with Crippen molar-refractivity contribution in [2.24, 2.45) is 0 Å². The molecular weight excluding hydrogens is 450 g/mol. The molecule has 31 heavy (non-hydrogen) atoms. The molecule has 162 valence electrons. The van der Waals surface area contributed by atoms with Gasteiger partial charge in [0.15, 0.2) is 5.65 Å². The smallest absolute Gasteiger partial charge is 0.241 e. The molecule has 1 fully saturated rings. The third-order valence-electron chi connectivity index (χ3n) is 6.54. The van der Waals surface area contributed by atoms with Crippen molar-refractivity contribution in [2.45, 2.75) is 66.3 Å². The highest BCUT2D eigenvalue weighted by Gasteiger charge is 2.29. The van der Waals surface area contributed by atoms with Crippen LogP contribution in [0.1, 0.15) is 54.9 Å². The van der Waals surface area contributed by atoms with Crippen LogP contribution in [0.25, 0.3) is 21.6 Å². The Morgan fingerprint density at radius 3 is 2.42 bits per heavy atom. The Bertz CT molecular complexity index is 1160. The molecule has 0 saturated carbocycles. The molecule has 2 aromatic heterocycles. The van der Waals surface area contributed by atoms with Crippen molar-refractivity contribution < 1.29 is 0 Å². The Kier molecular flexibility index (Phi) is 6.07. The van der Waals surface area contributed by atoms with E-state index in [0.717, 1.165) is 65.9 Å². The van der Waals surface area contributed by atoms with Crippen LogP contribution in [-0.4, -0.2) is 33.7 Å². The first-order valence-corrected chi connectivity index (χ1v) is 12.0. The lowest BCUT2D eigenvalue weighted by Gasteiger charge is -2.29. The standard InChI is InChI=1S/C25H30BrN5/c1-7-18-12-20(26)13-19(8-2)23(18)31-16(4)15(3)22-24(28-17(5)29-25(22)31)30-11-9-10-21(14-30)27-6/h12-13,21H,7-11,14H2,1-5H3. The molecule has 4 rings (SSSR count). The van der Waals surface area contributed by atoms with Crippen molar-refractivity contribution in [3.05, 3.63) is 56.2 Å². The zero-order valence-electron chi connectivity index (χ0n) is 19.1. The number of hydrogen-bond donors (Lipinski definition) is 0. The molecule has 0 N–H and O–H groups in total. The zero-order valence-corrected chi connectivity index (χ0v) is 20.7. The first-order chi connectivity index (χ1) is 14.9. The highest BCUT2D eigenvalue weighted by Crippen LogP contribution is 2.37. The summed E-state index contributed by atoms with van der Waals surface area (Å²) in [6.07, 6.45) is 3.92. The van der Waals surface area contributed by atoms with Crippen LogP contribution in [0.4, 0.5) is 5.82 Å². The molecule has 3 aromatic rings. The quantitative estimate of drug-likeness (QED) is 0.422. The highest BCUT2D eigenvalue weighted by molar-refractivity contribution is 9.10. The van der Waals surface area contributed by atoms with Crippen molar-refractivity contribution in [1.29, 1.82) is 0 Å². The molecule has 0 radical (unpaired) electrons. The minimum absolute atomic E-state index is 0.0485. The number of anilines is 1. The van der Waals surface area contributed by atoms with Gasteiger partial charge in [0.25, 0.3) is 0 Å². The molecule has 3 heterocycles. The van der Waals surface area contributed by atoms with Gasteiger partial charge in [0, 0.05) is 23.1 Å². The second-order valence-corrected chi connectivity index (χ2v) is 9.41. The van der Waals surface area contributed by atoms with Crippen molar-refractivity contribution in [3.8, 4) is 5.69 Å². The molecule has 0 aliphatic carbocycles. The fourth-order valence-corrected chi connectivity index (χ4v) is 5.40. The summed E-state index contributed by atoms with van der Waals surface area (Å²) in [6, 6.07) is 4.51. The van der Waals surface area contributed by atoms with Gasteiger partial charge in [-0.05, 0) is 68.9 Å². The van der Waals surface area contributed by atoms with E-state index in [1.165, 1.54) is 28.1 Å². The molecular formula is C25H30BrN5. The highest BCUT2D eigenvalue weighted by atomic mass is 79.9. The largest absolute Gasteiger partial charge is 0.348 e. The zero-order chi connectivity index (χ0) is 22.3. The van der Waals surface area contributed by atoms with E-state index < -0.39 is 0 Å². The van der Waals surface area contributed by atoms with E-state index in [-0.39, 0.29) is 6.04 Å². The van der Waals surface area contributed by atoms with E-state index in [9.17, 15) is 0 Å². The fourth-order valence-electron chi connectivity index (χ4n) is 4.85. The van der Waals surface area contributed by atoms with Gasteiger partial charge in [0.1, 0.15) is 11.6 Å². The second-order valence-electron chi connectivity index (χ2n) is 8.49. The summed E-state index contributed by atoms with van der Waals surface area (Å²) < 4.78 is 3.48. The summed E-state index contributed by atoms with van der Waals surface area (Å²) in [5, 5.41) is 1.13. The topological polar surface area (TPSA) is 38.3 Å². The maximum Gasteiger partial charge on any atom is 0.241 e. The summed E-state index contributed by atoms with van der Waals surface area (Å²) in [4.78, 5) is 16.0. The molecule has 0 bridgehead atoms. The number of aromatic nitrogens is 3.